The molecule has 1 aromatic carbocycles. The van der Waals surface area contributed by atoms with Crippen LogP contribution in [0.2, 0.25) is 0 Å². The Balaban J connectivity index is 1.63. The van der Waals surface area contributed by atoms with E-state index < -0.39 is 34.3 Å². The van der Waals surface area contributed by atoms with E-state index in [0.717, 1.165) is 24.5 Å². The summed E-state index contributed by atoms with van der Waals surface area (Å²) in [6, 6.07) is 6.43. The number of benzene rings is 1. The Kier molecular flexibility index (Phi) is 6.51. The summed E-state index contributed by atoms with van der Waals surface area (Å²) in [4.78, 5) is 43.0. The molecule has 11 heteroatoms. The van der Waals surface area contributed by atoms with Crippen LogP contribution < -0.4 is 10.6 Å². The van der Waals surface area contributed by atoms with Crippen LogP contribution in [-0.4, -0.2) is 61.1 Å². The number of halogens is 2. The van der Waals surface area contributed by atoms with Crippen LogP contribution in [0.1, 0.15) is 36.9 Å². The smallest absolute Gasteiger partial charge is 0.355 e. The number of phenolic OH excluding ortho intramolecular Hbond substituents is 1. The van der Waals surface area contributed by atoms with E-state index in [2.05, 4.69) is 21.5 Å². The predicted octanol–water partition coefficient (Wildman–Crippen LogP) is 4.24. The van der Waals surface area contributed by atoms with Crippen molar-refractivity contribution in [2.75, 3.05) is 24.5 Å². The SMILES string of the molecule is C=CC(=O)N1CCN(c2nc(=O)n(-c3c(C4CC4)ccnc3C)c3nc(-c4c(O)cccc4F)c(F)cc23)[C@@H](C)C1. The van der Waals surface area contributed by atoms with Gasteiger partial charge in [0, 0.05) is 31.9 Å². The maximum Gasteiger partial charge on any atom is 0.355 e. The zero-order valence-electron chi connectivity index (χ0n) is 22.6. The molecule has 0 unspecified atom stereocenters. The number of aromatic hydroxyl groups is 1. The standard InChI is InChI=1S/C30H28F2N6O3/c1-4-24(40)36-12-13-37(16(2)15-36)28-20-14-22(32)26(25-21(31)6-5-7-23(25)39)34-29(20)38(30(41)35-28)27-17(3)33-11-10-19(27)18-8-9-18/h4-7,10-11,14,16,18,39H,1,8-9,12-13,15H2,2-3H3/t16-/m0/s1. The number of aromatic nitrogens is 4. The van der Waals surface area contributed by atoms with Crippen molar-refractivity contribution < 1.29 is 18.7 Å². The fourth-order valence-electron chi connectivity index (χ4n) is 5.64. The number of pyridine rings is 2. The molecule has 1 atom stereocenters. The number of hydrogen-bond donors (Lipinski definition) is 1. The van der Waals surface area contributed by atoms with E-state index in [4.69, 9.17) is 0 Å². The molecule has 0 bridgehead atoms. The highest BCUT2D eigenvalue weighted by atomic mass is 19.1. The lowest BCUT2D eigenvalue weighted by molar-refractivity contribution is -0.126. The Hall–Kier alpha value is -4.67. The summed E-state index contributed by atoms with van der Waals surface area (Å²) in [7, 11) is 0. The number of carbonyl (C=O) groups excluding carboxylic acids is 1. The second kappa shape index (κ2) is 10.1. The van der Waals surface area contributed by atoms with Crippen LogP contribution in [0.5, 0.6) is 5.75 Å². The molecule has 1 aliphatic heterocycles. The number of amides is 1. The lowest BCUT2D eigenvalue weighted by Gasteiger charge is -2.40. The average Bonchev–Trinajstić information content (AvgIpc) is 3.79. The van der Waals surface area contributed by atoms with Crippen molar-refractivity contribution in [3.8, 4) is 22.7 Å². The summed E-state index contributed by atoms with van der Waals surface area (Å²) >= 11 is 0. The van der Waals surface area contributed by atoms with Gasteiger partial charge >= 0.3 is 5.69 Å². The Morgan fingerprint density at radius 1 is 1.15 bits per heavy atom. The van der Waals surface area contributed by atoms with Crippen LogP contribution >= 0.6 is 0 Å². The molecule has 2 aliphatic rings. The molecule has 1 N–H and O–H groups in total. The fraction of sp³-hybridized carbons (Fsp3) is 0.300. The Bertz CT molecular complexity index is 1760. The first kappa shape index (κ1) is 26.5. The second-order valence-corrected chi connectivity index (χ2v) is 10.5. The summed E-state index contributed by atoms with van der Waals surface area (Å²) < 4.78 is 32.0. The quantitative estimate of drug-likeness (QED) is 0.366. The first-order valence-electron chi connectivity index (χ1n) is 13.4. The molecule has 41 heavy (non-hydrogen) atoms. The van der Waals surface area contributed by atoms with E-state index in [1.165, 1.54) is 28.8 Å². The number of rotatable bonds is 5. The van der Waals surface area contributed by atoms with Crippen molar-refractivity contribution in [2.45, 2.75) is 38.6 Å². The molecule has 4 aromatic rings. The van der Waals surface area contributed by atoms with Gasteiger partial charge in [0.15, 0.2) is 11.5 Å². The van der Waals surface area contributed by atoms with Crippen LogP contribution in [0.4, 0.5) is 14.6 Å². The first-order valence-corrected chi connectivity index (χ1v) is 13.4. The molecule has 1 saturated carbocycles. The normalized spacial score (nSPS) is 17.2. The third-order valence-corrected chi connectivity index (χ3v) is 7.79. The van der Waals surface area contributed by atoms with Gasteiger partial charge in [0.05, 0.1) is 22.3 Å². The number of fused-ring (bicyclic) bond motifs is 1. The van der Waals surface area contributed by atoms with Gasteiger partial charge in [-0.25, -0.2) is 23.1 Å². The molecule has 0 radical (unpaired) electrons. The molecule has 6 rings (SSSR count). The number of piperazine rings is 1. The summed E-state index contributed by atoms with van der Waals surface area (Å²) in [6.07, 6.45) is 4.85. The van der Waals surface area contributed by atoms with Gasteiger partial charge in [0.2, 0.25) is 5.91 Å². The van der Waals surface area contributed by atoms with Crippen molar-refractivity contribution in [3.05, 3.63) is 82.6 Å². The number of nitrogens with zero attached hydrogens (tertiary/aromatic N) is 6. The minimum atomic E-state index is -0.885. The second-order valence-electron chi connectivity index (χ2n) is 10.5. The number of aryl methyl sites for hydroxylation is 1. The van der Waals surface area contributed by atoms with Crippen LogP contribution in [0.15, 0.2) is 54.0 Å². The third-order valence-electron chi connectivity index (χ3n) is 7.79. The van der Waals surface area contributed by atoms with Gasteiger partial charge in [0.1, 0.15) is 23.1 Å². The first-order chi connectivity index (χ1) is 19.7. The summed E-state index contributed by atoms with van der Waals surface area (Å²) in [5.74, 6) is -1.97. The highest BCUT2D eigenvalue weighted by molar-refractivity contribution is 5.91. The number of carbonyl (C=O) groups is 1. The molecule has 0 spiro atoms. The number of anilines is 1. The Labute approximate surface area is 234 Å². The van der Waals surface area contributed by atoms with E-state index in [-0.39, 0.29) is 34.7 Å². The van der Waals surface area contributed by atoms with Gasteiger partial charge in [-0.15, -0.1) is 0 Å². The number of hydrogen-bond acceptors (Lipinski definition) is 7. The summed E-state index contributed by atoms with van der Waals surface area (Å²) in [6.45, 7) is 8.25. The van der Waals surface area contributed by atoms with Gasteiger partial charge in [0.25, 0.3) is 0 Å². The van der Waals surface area contributed by atoms with Crippen LogP contribution in [-0.2, 0) is 4.79 Å². The van der Waals surface area contributed by atoms with Gasteiger partial charge < -0.3 is 14.9 Å². The van der Waals surface area contributed by atoms with Gasteiger partial charge in [-0.2, -0.15) is 4.98 Å². The molecule has 210 valence electrons. The molecule has 4 heterocycles. The van der Waals surface area contributed by atoms with Crippen LogP contribution in [0.3, 0.4) is 0 Å². The molecule has 9 nitrogen and oxygen atoms in total. The molecule has 3 aromatic heterocycles. The zero-order valence-corrected chi connectivity index (χ0v) is 22.6. The lowest BCUT2D eigenvalue weighted by atomic mass is 10.1. The van der Waals surface area contributed by atoms with E-state index in [0.29, 0.717) is 31.0 Å². The maximum absolute atomic E-state index is 15.8. The lowest BCUT2D eigenvalue weighted by Crippen LogP contribution is -2.54. The minimum absolute atomic E-state index is 0.0638. The fourth-order valence-corrected chi connectivity index (χ4v) is 5.64. The maximum atomic E-state index is 15.8. The van der Waals surface area contributed by atoms with Crippen molar-refractivity contribution >= 4 is 22.8 Å². The molecule has 1 saturated heterocycles. The van der Waals surface area contributed by atoms with E-state index in [9.17, 15) is 19.1 Å². The third kappa shape index (κ3) is 4.51. The van der Waals surface area contributed by atoms with Gasteiger partial charge in [-0.05, 0) is 68.5 Å². The van der Waals surface area contributed by atoms with Crippen LogP contribution in [0, 0.1) is 18.6 Å². The molecular weight excluding hydrogens is 530 g/mol. The summed E-state index contributed by atoms with van der Waals surface area (Å²) in [5.41, 5.74) is 0.572. The highest BCUT2D eigenvalue weighted by Gasteiger charge is 2.33. The average molecular weight is 559 g/mol. The van der Waals surface area contributed by atoms with Crippen molar-refractivity contribution in [1.29, 1.82) is 0 Å². The highest BCUT2D eigenvalue weighted by Crippen LogP contribution is 2.44. The minimum Gasteiger partial charge on any atom is -0.507 e. The van der Waals surface area contributed by atoms with Crippen LogP contribution in [0.25, 0.3) is 28.0 Å². The van der Waals surface area contributed by atoms with Crippen molar-refractivity contribution in [3.63, 3.8) is 0 Å². The zero-order chi connectivity index (χ0) is 29.0. The van der Waals surface area contributed by atoms with E-state index >= 15 is 4.39 Å². The van der Waals surface area contributed by atoms with Gasteiger partial charge in [-0.1, -0.05) is 12.6 Å². The molecular formula is C30H28F2N6O3. The van der Waals surface area contributed by atoms with Crippen molar-refractivity contribution in [2.24, 2.45) is 0 Å². The molecule has 1 amide bonds. The van der Waals surface area contributed by atoms with E-state index in [1.807, 2.05) is 17.9 Å². The monoisotopic (exact) mass is 558 g/mol. The predicted molar refractivity (Wildman–Crippen MR) is 150 cm³/mol. The number of phenols is 1. The van der Waals surface area contributed by atoms with Gasteiger partial charge in [-0.3, -0.25) is 9.78 Å². The topological polar surface area (TPSA) is 104 Å². The van der Waals surface area contributed by atoms with Crippen molar-refractivity contribution in [1.82, 2.24) is 24.4 Å². The summed E-state index contributed by atoms with van der Waals surface area (Å²) in [5, 5.41) is 10.7. The molecule has 2 fully saturated rings. The van der Waals surface area contributed by atoms with E-state index in [1.54, 1.807) is 18.0 Å². The largest absolute Gasteiger partial charge is 0.507 e. The molecule has 1 aliphatic carbocycles. The Morgan fingerprint density at radius 2 is 1.93 bits per heavy atom. The Morgan fingerprint density at radius 3 is 2.61 bits per heavy atom.